The maximum atomic E-state index is 12.3. The van der Waals surface area contributed by atoms with E-state index in [-0.39, 0.29) is 22.9 Å². The van der Waals surface area contributed by atoms with Crippen LogP contribution in [0.1, 0.15) is 30.0 Å². The average molecular weight is 458 g/mol. The van der Waals surface area contributed by atoms with Crippen molar-refractivity contribution >= 4 is 35.0 Å². The number of hydrogen-bond acceptors (Lipinski definition) is 6. The van der Waals surface area contributed by atoms with Gasteiger partial charge in [0.15, 0.2) is 22.2 Å². The molecular weight excluding hydrogens is 434 g/mol. The molecule has 3 aromatic rings. The van der Waals surface area contributed by atoms with Crippen LogP contribution in [0.25, 0.3) is 0 Å². The number of hydrogen-bond donors (Lipinski definition) is 1. The summed E-state index contributed by atoms with van der Waals surface area (Å²) in [5.41, 5.74) is 2.84. The van der Waals surface area contributed by atoms with Gasteiger partial charge >= 0.3 is 0 Å². The zero-order valence-corrected chi connectivity index (χ0v) is 19.2. The van der Waals surface area contributed by atoms with Crippen molar-refractivity contribution < 1.29 is 9.53 Å². The van der Waals surface area contributed by atoms with Gasteiger partial charge in [-0.1, -0.05) is 35.5 Å². The van der Waals surface area contributed by atoms with Crippen molar-refractivity contribution in [2.75, 3.05) is 11.1 Å². The summed E-state index contributed by atoms with van der Waals surface area (Å²) in [4.78, 5) is 16.3. The third-order valence-corrected chi connectivity index (χ3v) is 5.85. The molecule has 0 aliphatic rings. The first-order chi connectivity index (χ1) is 14.9. The molecule has 9 heteroatoms. The number of aryl methyl sites for hydroxylation is 2. The summed E-state index contributed by atoms with van der Waals surface area (Å²) in [5.74, 6) is 1.36. The fourth-order valence-electron chi connectivity index (χ4n) is 2.85. The minimum Gasteiger partial charge on any atom is -0.483 e. The number of pyridine rings is 1. The highest BCUT2D eigenvalue weighted by Crippen LogP contribution is 2.26. The molecule has 7 nitrogen and oxygen atoms in total. The van der Waals surface area contributed by atoms with Crippen LogP contribution in [0.4, 0.5) is 5.69 Å². The van der Waals surface area contributed by atoms with Crippen LogP contribution in [-0.4, -0.2) is 31.4 Å². The monoisotopic (exact) mass is 457 g/mol. The Bertz CT molecular complexity index is 1090. The molecule has 0 spiro atoms. The molecule has 2 aromatic heterocycles. The lowest BCUT2D eigenvalue weighted by Gasteiger charge is -2.16. The fourth-order valence-corrected chi connectivity index (χ4v) is 3.77. The number of carbonyl (C=O) groups is 1. The van der Waals surface area contributed by atoms with Gasteiger partial charge in [-0.15, -0.1) is 16.8 Å². The van der Waals surface area contributed by atoms with Crippen LogP contribution < -0.4 is 10.1 Å². The van der Waals surface area contributed by atoms with E-state index in [9.17, 15) is 4.79 Å². The zero-order valence-electron chi connectivity index (χ0n) is 17.6. The molecular formula is C22H24ClN5O2S. The van der Waals surface area contributed by atoms with Crippen LogP contribution in [0.2, 0.25) is 5.15 Å². The Kier molecular flexibility index (Phi) is 7.70. The molecule has 162 valence electrons. The van der Waals surface area contributed by atoms with E-state index < -0.39 is 0 Å². The summed E-state index contributed by atoms with van der Waals surface area (Å²) in [6, 6.07) is 9.38. The highest BCUT2D eigenvalue weighted by atomic mass is 35.5. The Balaban J connectivity index is 1.69. The Hall–Kier alpha value is -2.84. The molecule has 1 aromatic carbocycles. The van der Waals surface area contributed by atoms with Crippen LogP contribution in [0.15, 0.2) is 54.3 Å². The number of nitrogens with zero attached hydrogens (tertiary/aromatic N) is 4. The first-order valence-corrected chi connectivity index (χ1v) is 11.1. The minimum atomic E-state index is -0.327. The van der Waals surface area contributed by atoms with Gasteiger partial charge in [-0.25, -0.2) is 4.98 Å². The molecule has 1 atom stereocenters. The Morgan fingerprint density at radius 3 is 2.84 bits per heavy atom. The van der Waals surface area contributed by atoms with E-state index in [0.29, 0.717) is 23.2 Å². The molecule has 2 heterocycles. The maximum Gasteiger partial charge on any atom is 0.234 e. The molecule has 0 aliphatic carbocycles. The van der Waals surface area contributed by atoms with Gasteiger partial charge < -0.3 is 10.1 Å². The average Bonchev–Trinajstić information content (AvgIpc) is 3.14. The predicted molar refractivity (Wildman–Crippen MR) is 124 cm³/mol. The van der Waals surface area contributed by atoms with Crippen molar-refractivity contribution in [3.05, 3.63) is 71.3 Å². The molecule has 0 saturated heterocycles. The van der Waals surface area contributed by atoms with Gasteiger partial charge in [0.2, 0.25) is 5.91 Å². The van der Waals surface area contributed by atoms with E-state index in [1.54, 1.807) is 24.4 Å². The number of aromatic nitrogens is 4. The quantitative estimate of drug-likeness (QED) is 0.276. The summed E-state index contributed by atoms with van der Waals surface area (Å²) < 4.78 is 7.98. The second-order valence-electron chi connectivity index (χ2n) is 6.92. The van der Waals surface area contributed by atoms with Crippen molar-refractivity contribution in [3.63, 3.8) is 0 Å². The molecule has 1 N–H and O–H groups in total. The van der Waals surface area contributed by atoms with Gasteiger partial charge in [0.1, 0.15) is 5.75 Å². The SMILES string of the molecule is C=CCn1c(SCC(=O)Nc2cccnc2Cl)nnc1C(C)Oc1ccc(C)c(C)c1. The molecule has 0 aliphatic heterocycles. The van der Waals surface area contributed by atoms with Crippen molar-refractivity contribution in [2.24, 2.45) is 0 Å². The van der Waals surface area contributed by atoms with E-state index in [1.165, 1.54) is 17.3 Å². The highest BCUT2D eigenvalue weighted by molar-refractivity contribution is 7.99. The maximum absolute atomic E-state index is 12.3. The third-order valence-electron chi connectivity index (χ3n) is 4.58. The summed E-state index contributed by atoms with van der Waals surface area (Å²) in [6.07, 6.45) is 2.99. The topological polar surface area (TPSA) is 81.9 Å². The molecule has 31 heavy (non-hydrogen) atoms. The second-order valence-corrected chi connectivity index (χ2v) is 8.23. The largest absolute Gasteiger partial charge is 0.483 e. The number of halogens is 1. The van der Waals surface area contributed by atoms with Crippen LogP contribution in [0.3, 0.4) is 0 Å². The first kappa shape index (κ1) is 22.8. The second kappa shape index (κ2) is 10.5. The Morgan fingerprint density at radius 2 is 2.13 bits per heavy atom. The van der Waals surface area contributed by atoms with Crippen LogP contribution in [-0.2, 0) is 11.3 Å². The fraction of sp³-hybridized carbons (Fsp3) is 0.273. The standard InChI is InChI=1S/C22H24ClN5O2S/c1-5-11-28-21(16(4)30-17-9-8-14(2)15(3)12-17)26-27-22(28)31-13-19(29)25-18-7-6-10-24-20(18)23/h5-10,12,16H,1,11,13H2,2-4H3,(H,25,29). The number of anilines is 1. The van der Waals surface area contributed by atoms with Crippen LogP contribution in [0.5, 0.6) is 5.75 Å². The summed E-state index contributed by atoms with van der Waals surface area (Å²) >= 11 is 7.27. The molecule has 1 amide bonds. The zero-order chi connectivity index (χ0) is 22.4. The van der Waals surface area contributed by atoms with Crippen LogP contribution in [0, 0.1) is 13.8 Å². The van der Waals surface area contributed by atoms with Crippen molar-refractivity contribution in [1.82, 2.24) is 19.7 Å². The Morgan fingerprint density at radius 1 is 1.32 bits per heavy atom. The predicted octanol–water partition coefficient (Wildman–Crippen LogP) is 5.00. The lowest BCUT2D eigenvalue weighted by Crippen LogP contribution is -2.16. The molecule has 0 saturated carbocycles. The lowest BCUT2D eigenvalue weighted by molar-refractivity contribution is -0.113. The van der Waals surface area contributed by atoms with E-state index in [2.05, 4.69) is 34.0 Å². The molecule has 1 unspecified atom stereocenters. The van der Waals surface area contributed by atoms with E-state index in [0.717, 1.165) is 11.3 Å². The minimum absolute atomic E-state index is 0.146. The lowest BCUT2D eigenvalue weighted by atomic mass is 10.1. The number of allylic oxidation sites excluding steroid dienone is 1. The van der Waals surface area contributed by atoms with Gasteiger partial charge in [-0.3, -0.25) is 9.36 Å². The summed E-state index contributed by atoms with van der Waals surface area (Å²) in [5, 5.41) is 12.2. The number of nitrogens with one attached hydrogen (secondary N) is 1. The normalized spacial score (nSPS) is 11.7. The number of amides is 1. The van der Waals surface area contributed by atoms with Crippen molar-refractivity contribution in [2.45, 2.75) is 38.6 Å². The van der Waals surface area contributed by atoms with E-state index in [1.807, 2.05) is 36.6 Å². The number of rotatable bonds is 9. The third kappa shape index (κ3) is 5.86. The van der Waals surface area contributed by atoms with Gasteiger partial charge in [0, 0.05) is 12.7 Å². The molecule has 0 bridgehead atoms. The molecule has 3 rings (SSSR count). The van der Waals surface area contributed by atoms with E-state index in [4.69, 9.17) is 16.3 Å². The Labute approximate surface area is 190 Å². The molecule has 0 fully saturated rings. The van der Waals surface area contributed by atoms with Gasteiger partial charge in [0.25, 0.3) is 0 Å². The van der Waals surface area contributed by atoms with Crippen molar-refractivity contribution in [3.8, 4) is 5.75 Å². The number of ether oxygens (including phenoxy) is 1. The number of thioether (sulfide) groups is 1. The first-order valence-electron chi connectivity index (χ1n) is 9.70. The highest BCUT2D eigenvalue weighted by Gasteiger charge is 2.20. The summed E-state index contributed by atoms with van der Waals surface area (Å²) in [7, 11) is 0. The van der Waals surface area contributed by atoms with Gasteiger partial charge in [-0.2, -0.15) is 0 Å². The smallest absolute Gasteiger partial charge is 0.234 e. The number of benzene rings is 1. The number of carbonyl (C=O) groups excluding carboxylic acids is 1. The van der Waals surface area contributed by atoms with Crippen LogP contribution >= 0.6 is 23.4 Å². The molecule has 0 radical (unpaired) electrons. The van der Waals surface area contributed by atoms with Crippen molar-refractivity contribution in [1.29, 1.82) is 0 Å². The van der Waals surface area contributed by atoms with E-state index >= 15 is 0 Å². The van der Waals surface area contributed by atoms with Gasteiger partial charge in [0.05, 0.1) is 11.4 Å². The van der Waals surface area contributed by atoms with Gasteiger partial charge in [-0.05, 0) is 56.2 Å². The summed E-state index contributed by atoms with van der Waals surface area (Å²) in [6.45, 7) is 10.3.